The van der Waals surface area contributed by atoms with Crippen LogP contribution < -0.4 is 5.32 Å². The van der Waals surface area contributed by atoms with E-state index in [1.165, 1.54) is 25.1 Å². The Morgan fingerprint density at radius 1 is 1.38 bits per heavy atom. The van der Waals surface area contributed by atoms with Crippen LogP contribution in [0.3, 0.4) is 0 Å². The third-order valence-electron chi connectivity index (χ3n) is 3.21. The van der Waals surface area contributed by atoms with Crippen molar-refractivity contribution in [3.05, 3.63) is 22.4 Å². The van der Waals surface area contributed by atoms with Crippen LogP contribution in [0.25, 0.3) is 0 Å². The summed E-state index contributed by atoms with van der Waals surface area (Å²) < 4.78 is 0. The Labute approximate surface area is 103 Å². The van der Waals surface area contributed by atoms with E-state index in [1.807, 2.05) is 11.3 Å². The third kappa shape index (κ3) is 3.06. The topological polar surface area (TPSA) is 15.3 Å². The van der Waals surface area contributed by atoms with E-state index in [9.17, 15) is 0 Å². The normalized spacial score (nSPS) is 20.2. The Balaban J connectivity index is 2.07. The van der Waals surface area contributed by atoms with Gasteiger partial charge in [0.05, 0.1) is 0 Å². The Bertz CT molecular complexity index is 289. The highest BCUT2D eigenvalue weighted by Gasteiger charge is 2.22. The van der Waals surface area contributed by atoms with Crippen molar-refractivity contribution in [2.24, 2.45) is 5.92 Å². The summed E-state index contributed by atoms with van der Waals surface area (Å²) in [7, 11) is 0. The molecule has 2 heterocycles. The van der Waals surface area contributed by atoms with Gasteiger partial charge in [-0.15, -0.1) is 0 Å². The van der Waals surface area contributed by atoms with Crippen LogP contribution in [0.15, 0.2) is 16.8 Å². The number of nitrogens with one attached hydrogen (secondary N) is 1. The van der Waals surface area contributed by atoms with Gasteiger partial charge in [-0.2, -0.15) is 11.3 Å². The molecule has 1 atom stereocenters. The average molecular weight is 238 g/mol. The molecule has 1 saturated heterocycles. The van der Waals surface area contributed by atoms with Crippen molar-refractivity contribution in [3.63, 3.8) is 0 Å². The molecule has 0 radical (unpaired) electrons. The first kappa shape index (κ1) is 12.1. The molecule has 0 amide bonds. The van der Waals surface area contributed by atoms with E-state index in [2.05, 4.69) is 40.9 Å². The van der Waals surface area contributed by atoms with Gasteiger partial charge in [0, 0.05) is 32.2 Å². The van der Waals surface area contributed by atoms with E-state index in [-0.39, 0.29) is 0 Å². The second kappa shape index (κ2) is 5.80. The van der Waals surface area contributed by atoms with Crippen molar-refractivity contribution in [3.8, 4) is 0 Å². The highest BCUT2D eigenvalue weighted by molar-refractivity contribution is 7.07. The zero-order valence-electron chi connectivity index (χ0n) is 10.3. The number of thiophene rings is 1. The molecule has 16 heavy (non-hydrogen) atoms. The number of nitrogens with zero attached hydrogens (tertiary/aromatic N) is 1. The van der Waals surface area contributed by atoms with Gasteiger partial charge in [0.15, 0.2) is 0 Å². The van der Waals surface area contributed by atoms with Gasteiger partial charge in [-0.05, 0) is 34.7 Å². The van der Waals surface area contributed by atoms with Gasteiger partial charge >= 0.3 is 0 Å². The fourth-order valence-electron chi connectivity index (χ4n) is 2.40. The molecular formula is C13H22N2S. The van der Waals surface area contributed by atoms with Gasteiger partial charge in [-0.1, -0.05) is 13.8 Å². The summed E-state index contributed by atoms with van der Waals surface area (Å²) in [6.07, 6.45) is 1.27. The minimum atomic E-state index is 0.633. The van der Waals surface area contributed by atoms with Gasteiger partial charge in [-0.3, -0.25) is 4.90 Å². The van der Waals surface area contributed by atoms with Crippen LogP contribution in [0.5, 0.6) is 0 Å². The maximum Gasteiger partial charge on any atom is 0.0359 e. The summed E-state index contributed by atoms with van der Waals surface area (Å²) in [6, 6.07) is 2.92. The third-order valence-corrected chi connectivity index (χ3v) is 3.92. The van der Waals surface area contributed by atoms with Gasteiger partial charge in [0.25, 0.3) is 0 Å². The fourth-order valence-corrected chi connectivity index (χ4v) is 3.11. The number of piperazine rings is 1. The Morgan fingerprint density at radius 3 is 2.69 bits per heavy atom. The standard InChI is InChI=1S/C13H22N2S/c1-11(2)9-13(12-3-8-16-10-12)15-6-4-14-5-7-15/h3,8,10-11,13-14H,4-7,9H2,1-2H3/t13-/m1/s1. The summed E-state index contributed by atoms with van der Waals surface area (Å²) >= 11 is 1.82. The van der Waals surface area contributed by atoms with Crippen molar-refractivity contribution < 1.29 is 0 Å². The van der Waals surface area contributed by atoms with Gasteiger partial charge in [-0.25, -0.2) is 0 Å². The van der Waals surface area contributed by atoms with Crippen LogP contribution in [0.1, 0.15) is 31.9 Å². The van der Waals surface area contributed by atoms with E-state index < -0.39 is 0 Å². The SMILES string of the molecule is CC(C)C[C@H](c1ccsc1)N1CCNCC1. The first-order valence-corrected chi connectivity index (χ1v) is 7.18. The van der Waals surface area contributed by atoms with E-state index in [0.29, 0.717) is 6.04 Å². The predicted molar refractivity (Wildman–Crippen MR) is 71.0 cm³/mol. The summed E-state index contributed by atoms with van der Waals surface area (Å²) in [5.41, 5.74) is 1.51. The minimum absolute atomic E-state index is 0.633. The highest BCUT2D eigenvalue weighted by atomic mass is 32.1. The van der Waals surface area contributed by atoms with Crippen LogP contribution in [-0.4, -0.2) is 31.1 Å². The zero-order valence-corrected chi connectivity index (χ0v) is 11.1. The molecule has 0 aromatic carbocycles. The first-order valence-electron chi connectivity index (χ1n) is 6.24. The number of hydrogen-bond acceptors (Lipinski definition) is 3. The molecule has 90 valence electrons. The second-order valence-electron chi connectivity index (χ2n) is 4.99. The molecule has 0 spiro atoms. The maximum atomic E-state index is 3.43. The molecule has 2 rings (SSSR count). The molecule has 0 unspecified atom stereocenters. The molecule has 0 saturated carbocycles. The van der Waals surface area contributed by atoms with Crippen LogP contribution >= 0.6 is 11.3 Å². The molecule has 0 aliphatic carbocycles. The Hall–Kier alpha value is -0.380. The van der Waals surface area contributed by atoms with Crippen molar-refractivity contribution in [1.82, 2.24) is 10.2 Å². The van der Waals surface area contributed by atoms with Crippen molar-refractivity contribution >= 4 is 11.3 Å². The monoisotopic (exact) mass is 238 g/mol. The maximum absolute atomic E-state index is 3.43. The molecule has 2 nitrogen and oxygen atoms in total. The molecule has 0 bridgehead atoms. The van der Waals surface area contributed by atoms with Gasteiger partial charge < -0.3 is 5.32 Å². The molecule has 3 heteroatoms. The lowest BCUT2D eigenvalue weighted by atomic mass is 9.97. The molecule has 1 aliphatic heterocycles. The summed E-state index contributed by atoms with van der Waals surface area (Å²) in [5.74, 6) is 0.764. The lowest BCUT2D eigenvalue weighted by Gasteiger charge is -2.35. The summed E-state index contributed by atoms with van der Waals surface area (Å²) in [5, 5.41) is 7.94. The van der Waals surface area contributed by atoms with E-state index in [0.717, 1.165) is 19.0 Å². The largest absolute Gasteiger partial charge is 0.314 e. The van der Waals surface area contributed by atoms with Crippen LogP contribution in [0.2, 0.25) is 0 Å². The van der Waals surface area contributed by atoms with Crippen molar-refractivity contribution in [2.45, 2.75) is 26.3 Å². The van der Waals surface area contributed by atoms with Crippen molar-refractivity contribution in [2.75, 3.05) is 26.2 Å². The Morgan fingerprint density at radius 2 is 2.12 bits per heavy atom. The lowest BCUT2D eigenvalue weighted by molar-refractivity contribution is 0.154. The van der Waals surface area contributed by atoms with Crippen LogP contribution in [0, 0.1) is 5.92 Å². The molecule has 1 aliphatic rings. The van der Waals surface area contributed by atoms with Crippen LogP contribution in [0.4, 0.5) is 0 Å². The minimum Gasteiger partial charge on any atom is -0.314 e. The van der Waals surface area contributed by atoms with Crippen molar-refractivity contribution in [1.29, 1.82) is 0 Å². The molecule has 1 fully saturated rings. The quantitative estimate of drug-likeness (QED) is 0.867. The van der Waals surface area contributed by atoms with E-state index >= 15 is 0 Å². The average Bonchev–Trinajstić information content (AvgIpc) is 2.80. The first-order chi connectivity index (χ1) is 7.77. The highest BCUT2D eigenvalue weighted by Crippen LogP contribution is 2.29. The smallest absolute Gasteiger partial charge is 0.0359 e. The summed E-state index contributed by atoms with van der Waals surface area (Å²) in [6.45, 7) is 9.29. The summed E-state index contributed by atoms with van der Waals surface area (Å²) in [4.78, 5) is 2.64. The fraction of sp³-hybridized carbons (Fsp3) is 0.692. The lowest BCUT2D eigenvalue weighted by Crippen LogP contribution is -2.45. The predicted octanol–water partition coefficient (Wildman–Crippen LogP) is 2.74. The molecular weight excluding hydrogens is 216 g/mol. The molecule has 1 N–H and O–H groups in total. The molecule has 1 aromatic rings. The van der Waals surface area contributed by atoms with E-state index in [4.69, 9.17) is 0 Å². The van der Waals surface area contributed by atoms with Gasteiger partial charge in [0.2, 0.25) is 0 Å². The number of hydrogen-bond donors (Lipinski definition) is 1. The second-order valence-corrected chi connectivity index (χ2v) is 5.77. The molecule has 1 aromatic heterocycles. The Kier molecular flexibility index (Phi) is 4.38. The van der Waals surface area contributed by atoms with Crippen LogP contribution in [-0.2, 0) is 0 Å². The van der Waals surface area contributed by atoms with Gasteiger partial charge in [0.1, 0.15) is 0 Å². The number of rotatable bonds is 4. The zero-order chi connectivity index (χ0) is 11.4. The van der Waals surface area contributed by atoms with E-state index in [1.54, 1.807) is 0 Å².